The van der Waals surface area contributed by atoms with Gasteiger partial charge < -0.3 is 10.2 Å². The van der Waals surface area contributed by atoms with Crippen LogP contribution in [-0.2, 0) is 4.79 Å². The number of hydrogen-bond donors (Lipinski definition) is 2. The number of ketones is 1. The third-order valence-corrected chi connectivity index (χ3v) is 1.43. The zero-order valence-electron chi connectivity index (χ0n) is 5.72. The van der Waals surface area contributed by atoms with Gasteiger partial charge in [0.2, 0.25) is 0 Å². The summed E-state index contributed by atoms with van der Waals surface area (Å²) in [6.07, 6.45) is 0.340. The Morgan fingerprint density at radius 1 is 1.67 bits per heavy atom. The molecule has 0 aromatic heterocycles. The molecule has 0 aliphatic carbocycles. The van der Waals surface area contributed by atoms with E-state index in [1.165, 1.54) is 6.92 Å². The largest absolute Gasteiger partial charge is 0.388 e. The Labute approximate surface area is 54.3 Å². The minimum Gasteiger partial charge on any atom is -0.388 e. The minimum absolute atomic E-state index is 0.340. The first kappa shape index (κ1) is 8.59. The summed E-state index contributed by atoms with van der Waals surface area (Å²) in [4.78, 5) is 10.6. The average Bonchev–Trinajstić information content (AvgIpc) is 1.86. The second kappa shape index (κ2) is 2.94. The van der Waals surface area contributed by atoms with E-state index < -0.39 is 18.0 Å². The highest BCUT2D eigenvalue weighted by atomic mass is 16.3. The van der Waals surface area contributed by atoms with Gasteiger partial charge in [-0.3, -0.25) is 4.79 Å². The smallest absolute Gasteiger partial charge is 0.189 e. The third-order valence-electron chi connectivity index (χ3n) is 1.43. The van der Waals surface area contributed by atoms with E-state index in [-0.39, 0.29) is 0 Å². The molecule has 0 saturated heterocycles. The molecule has 0 rings (SSSR count). The first-order valence-corrected chi connectivity index (χ1v) is 2.91. The van der Waals surface area contributed by atoms with Crippen LogP contribution in [0.2, 0.25) is 0 Å². The molecule has 0 spiro atoms. The number of aliphatic hydroxyl groups is 2. The second-order valence-corrected chi connectivity index (χ2v) is 2.21. The lowest BCUT2D eigenvalue weighted by molar-refractivity contribution is -0.138. The molecule has 2 N–H and O–H groups in total. The van der Waals surface area contributed by atoms with Gasteiger partial charge in [-0.1, -0.05) is 6.92 Å². The van der Waals surface area contributed by atoms with E-state index in [4.69, 9.17) is 10.2 Å². The van der Waals surface area contributed by atoms with Crippen molar-refractivity contribution in [2.24, 2.45) is 0 Å². The van der Waals surface area contributed by atoms with Crippen LogP contribution in [0.15, 0.2) is 0 Å². The summed E-state index contributed by atoms with van der Waals surface area (Å²) < 4.78 is 0. The summed E-state index contributed by atoms with van der Waals surface area (Å²) in [6.45, 7) is 2.50. The summed E-state index contributed by atoms with van der Waals surface area (Å²) in [5, 5.41) is 17.4. The molecule has 0 bridgehead atoms. The van der Waals surface area contributed by atoms with E-state index in [0.717, 1.165) is 0 Å². The quantitative estimate of drug-likeness (QED) is 0.554. The van der Waals surface area contributed by atoms with E-state index in [1.54, 1.807) is 6.92 Å². The van der Waals surface area contributed by atoms with Gasteiger partial charge in [0, 0.05) is 0 Å². The molecule has 0 radical (unpaired) electrons. The molecule has 54 valence electrons. The third kappa shape index (κ3) is 2.11. The predicted octanol–water partition coefficient (Wildman–Crippen LogP) is -0.291. The summed E-state index contributed by atoms with van der Waals surface area (Å²) in [7, 11) is 0. The Kier molecular flexibility index (Phi) is 2.81. The predicted molar refractivity (Wildman–Crippen MR) is 33.0 cm³/mol. The molecular formula is C6H12O3. The summed E-state index contributed by atoms with van der Waals surface area (Å²) in [6, 6.07) is 0. The molecule has 0 fully saturated rings. The van der Waals surface area contributed by atoms with E-state index in [9.17, 15) is 4.79 Å². The highest BCUT2D eigenvalue weighted by Gasteiger charge is 2.26. The number of aliphatic hydroxyl groups excluding tert-OH is 1. The van der Waals surface area contributed by atoms with Crippen molar-refractivity contribution in [1.29, 1.82) is 0 Å². The van der Waals surface area contributed by atoms with Crippen molar-refractivity contribution in [2.45, 2.75) is 25.9 Å². The van der Waals surface area contributed by atoms with Crippen molar-refractivity contribution >= 4 is 5.78 Å². The van der Waals surface area contributed by atoms with Crippen molar-refractivity contribution in [3.05, 3.63) is 0 Å². The van der Waals surface area contributed by atoms with E-state index in [0.29, 0.717) is 6.42 Å². The monoisotopic (exact) mass is 132 g/mol. The lowest BCUT2D eigenvalue weighted by Gasteiger charge is -2.17. The molecule has 0 saturated carbocycles. The van der Waals surface area contributed by atoms with Gasteiger partial charge in [-0.25, -0.2) is 0 Å². The molecule has 3 heteroatoms. The Morgan fingerprint density at radius 3 is 2.22 bits per heavy atom. The topological polar surface area (TPSA) is 57.5 Å². The lowest BCUT2D eigenvalue weighted by Crippen LogP contribution is -2.36. The first-order chi connectivity index (χ1) is 4.04. The van der Waals surface area contributed by atoms with Crippen LogP contribution in [0.3, 0.4) is 0 Å². The lowest BCUT2D eigenvalue weighted by atomic mass is 9.99. The summed E-state index contributed by atoms with van der Waals surface area (Å²) >= 11 is 0. The van der Waals surface area contributed by atoms with Crippen molar-refractivity contribution in [1.82, 2.24) is 0 Å². The van der Waals surface area contributed by atoms with Crippen molar-refractivity contribution in [3.8, 4) is 0 Å². The first-order valence-electron chi connectivity index (χ1n) is 2.91. The van der Waals surface area contributed by atoms with Crippen molar-refractivity contribution in [3.63, 3.8) is 0 Å². The molecule has 1 atom stereocenters. The van der Waals surface area contributed by atoms with Gasteiger partial charge in [-0.2, -0.15) is 0 Å². The average molecular weight is 132 g/mol. The van der Waals surface area contributed by atoms with Crippen LogP contribution < -0.4 is 0 Å². The molecule has 0 aliphatic heterocycles. The Hall–Kier alpha value is -0.410. The maximum atomic E-state index is 10.6. The zero-order chi connectivity index (χ0) is 7.49. The van der Waals surface area contributed by atoms with Crippen LogP contribution in [0.4, 0.5) is 0 Å². The molecule has 0 amide bonds. The molecule has 0 aromatic carbocycles. The van der Waals surface area contributed by atoms with Gasteiger partial charge in [-0.15, -0.1) is 0 Å². The number of rotatable bonds is 3. The number of carbonyl (C=O) groups excluding carboxylic acids is 1. The number of hydrogen-bond acceptors (Lipinski definition) is 3. The summed E-state index contributed by atoms with van der Waals surface area (Å²) in [5.41, 5.74) is -1.34. The molecule has 1 unspecified atom stereocenters. The number of carbonyl (C=O) groups is 1. The standard InChI is InChI=1S/C6H12O3/c1-3-6(2,9)5(8)4-7/h7,9H,3-4H2,1-2H3. The Bertz CT molecular complexity index is 107. The molecule has 9 heavy (non-hydrogen) atoms. The maximum absolute atomic E-state index is 10.6. The van der Waals surface area contributed by atoms with Gasteiger partial charge in [-0.05, 0) is 13.3 Å². The molecule has 0 heterocycles. The van der Waals surface area contributed by atoms with Crippen molar-refractivity contribution in [2.75, 3.05) is 6.61 Å². The van der Waals surface area contributed by atoms with Crippen LogP contribution in [0.1, 0.15) is 20.3 Å². The van der Waals surface area contributed by atoms with Crippen LogP contribution in [0.5, 0.6) is 0 Å². The molecule has 0 aliphatic rings. The van der Waals surface area contributed by atoms with Crippen molar-refractivity contribution < 1.29 is 15.0 Å². The van der Waals surface area contributed by atoms with Gasteiger partial charge in [0.25, 0.3) is 0 Å². The SMILES string of the molecule is CCC(C)(O)C(=O)CO. The molecule has 3 nitrogen and oxygen atoms in total. The fraction of sp³-hybridized carbons (Fsp3) is 0.833. The van der Waals surface area contributed by atoms with E-state index in [2.05, 4.69) is 0 Å². The maximum Gasteiger partial charge on any atom is 0.189 e. The second-order valence-electron chi connectivity index (χ2n) is 2.21. The Balaban J connectivity index is 3.97. The highest BCUT2D eigenvalue weighted by molar-refractivity contribution is 5.87. The molecular weight excluding hydrogens is 120 g/mol. The number of Topliss-reactive ketones (excluding diaryl/α,β-unsaturated/α-hetero) is 1. The van der Waals surface area contributed by atoms with Gasteiger partial charge in [0.05, 0.1) is 0 Å². The van der Waals surface area contributed by atoms with Crippen LogP contribution >= 0.6 is 0 Å². The van der Waals surface area contributed by atoms with E-state index >= 15 is 0 Å². The van der Waals surface area contributed by atoms with Crippen LogP contribution in [0.25, 0.3) is 0 Å². The highest BCUT2D eigenvalue weighted by Crippen LogP contribution is 2.08. The fourth-order valence-corrected chi connectivity index (χ4v) is 0.367. The van der Waals surface area contributed by atoms with Crippen LogP contribution in [-0.4, -0.2) is 28.2 Å². The van der Waals surface area contributed by atoms with E-state index in [1.807, 2.05) is 0 Å². The van der Waals surface area contributed by atoms with Gasteiger partial charge in [0.15, 0.2) is 5.78 Å². The van der Waals surface area contributed by atoms with Crippen LogP contribution in [0, 0.1) is 0 Å². The zero-order valence-corrected chi connectivity index (χ0v) is 5.72. The van der Waals surface area contributed by atoms with Gasteiger partial charge in [0.1, 0.15) is 12.2 Å². The normalized spacial score (nSPS) is 16.9. The van der Waals surface area contributed by atoms with Gasteiger partial charge >= 0.3 is 0 Å². The fourth-order valence-electron chi connectivity index (χ4n) is 0.367. The minimum atomic E-state index is -1.34. The Morgan fingerprint density at radius 2 is 2.11 bits per heavy atom. The molecule has 0 aromatic rings. The summed E-state index contributed by atoms with van der Waals surface area (Å²) in [5.74, 6) is -0.523.